The third kappa shape index (κ3) is 5.26. The van der Waals surface area contributed by atoms with Gasteiger partial charge in [-0.2, -0.15) is 11.8 Å². The van der Waals surface area contributed by atoms with Crippen LogP contribution >= 0.6 is 27.7 Å². The van der Waals surface area contributed by atoms with Crippen molar-refractivity contribution < 1.29 is 13.2 Å². The van der Waals surface area contributed by atoms with Gasteiger partial charge in [0.2, 0.25) is 5.91 Å². The van der Waals surface area contributed by atoms with Crippen molar-refractivity contribution in [1.29, 1.82) is 0 Å². The number of carbonyl (C=O) groups excluding carboxylic acids is 1. The Hall–Kier alpha value is -1.51. The van der Waals surface area contributed by atoms with Crippen LogP contribution in [0.5, 0.6) is 0 Å². The van der Waals surface area contributed by atoms with E-state index in [-0.39, 0.29) is 10.8 Å². The topological polar surface area (TPSA) is 75.3 Å². The fourth-order valence-electron chi connectivity index (χ4n) is 1.80. The fraction of sp³-hybridized carbons (Fsp3) is 0.133. The molecule has 0 spiro atoms. The maximum absolute atomic E-state index is 12.4. The molecule has 0 saturated heterocycles. The second-order valence-electron chi connectivity index (χ2n) is 4.62. The Kier molecular flexibility index (Phi) is 6.09. The monoisotopic (exact) mass is 414 g/mol. The number of rotatable bonds is 6. The van der Waals surface area contributed by atoms with E-state index in [1.807, 2.05) is 6.26 Å². The molecule has 0 aromatic heterocycles. The number of sulfonamides is 1. The standard InChI is InChI=1S/C15H15BrN2O3S2/c1-22-10-15(19)17-13-3-2-4-14(9-13)23(20,21)18-12-7-5-11(16)6-8-12/h2-9,18H,10H2,1H3,(H,17,19). The lowest BCUT2D eigenvalue weighted by Gasteiger charge is -2.10. The summed E-state index contributed by atoms with van der Waals surface area (Å²) in [5, 5.41) is 2.67. The molecule has 0 heterocycles. The van der Waals surface area contributed by atoms with Gasteiger partial charge in [0.25, 0.3) is 10.0 Å². The third-order valence-electron chi connectivity index (χ3n) is 2.80. The van der Waals surface area contributed by atoms with Crippen LogP contribution in [0.4, 0.5) is 11.4 Å². The highest BCUT2D eigenvalue weighted by Crippen LogP contribution is 2.21. The van der Waals surface area contributed by atoms with Crippen LogP contribution in [0, 0.1) is 0 Å². The highest BCUT2D eigenvalue weighted by Gasteiger charge is 2.15. The van der Waals surface area contributed by atoms with Gasteiger partial charge in [0.1, 0.15) is 0 Å². The van der Waals surface area contributed by atoms with Gasteiger partial charge in [0, 0.05) is 15.8 Å². The molecule has 0 bridgehead atoms. The van der Waals surface area contributed by atoms with Gasteiger partial charge in [0.05, 0.1) is 10.6 Å². The Morgan fingerprint density at radius 2 is 1.83 bits per heavy atom. The molecule has 8 heteroatoms. The van der Waals surface area contributed by atoms with Gasteiger partial charge in [-0.05, 0) is 48.7 Å². The van der Waals surface area contributed by atoms with Gasteiger partial charge in [-0.15, -0.1) is 0 Å². The highest BCUT2D eigenvalue weighted by atomic mass is 79.9. The number of thioether (sulfide) groups is 1. The quantitative estimate of drug-likeness (QED) is 0.757. The molecule has 0 atom stereocenters. The fourth-order valence-corrected chi connectivity index (χ4v) is 3.50. The van der Waals surface area contributed by atoms with Crippen LogP contribution in [0.1, 0.15) is 0 Å². The second kappa shape index (κ2) is 7.85. The summed E-state index contributed by atoms with van der Waals surface area (Å²) in [7, 11) is -3.72. The van der Waals surface area contributed by atoms with E-state index < -0.39 is 10.0 Å². The van der Waals surface area contributed by atoms with E-state index in [1.165, 1.54) is 23.9 Å². The smallest absolute Gasteiger partial charge is 0.261 e. The Balaban J connectivity index is 2.19. The Morgan fingerprint density at radius 1 is 1.13 bits per heavy atom. The summed E-state index contributed by atoms with van der Waals surface area (Å²) in [6.07, 6.45) is 1.82. The van der Waals surface area contributed by atoms with Gasteiger partial charge in [-0.1, -0.05) is 22.0 Å². The molecule has 2 N–H and O–H groups in total. The first-order chi connectivity index (χ1) is 10.9. The van der Waals surface area contributed by atoms with Crippen LogP contribution < -0.4 is 10.0 Å². The van der Waals surface area contributed by atoms with Crippen molar-refractivity contribution in [2.45, 2.75) is 4.90 Å². The number of benzene rings is 2. The van der Waals surface area contributed by atoms with Crippen molar-refractivity contribution in [1.82, 2.24) is 0 Å². The number of amides is 1. The van der Waals surface area contributed by atoms with Crippen molar-refractivity contribution in [2.24, 2.45) is 0 Å². The lowest BCUT2D eigenvalue weighted by molar-refractivity contribution is -0.113. The average Bonchev–Trinajstić information content (AvgIpc) is 2.50. The lowest BCUT2D eigenvalue weighted by atomic mass is 10.3. The molecule has 0 radical (unpaired) electrons. The van der Waals surface area contributed by atoms with Crippen LogP contribution in [0.3, 0.4) is 0 Å². The summed E-state index contributed by atoms with van der Waals surface area (Å²) in [5.74, 6) is 0.140. The van der Waals surface area contributed by atoms with E-state index in [4.69, 9.17) is 0 Å². The maximum atomic E-state index is 12.4. The predicted octanol–water partition coefficient (Wildman–Crippen LogP) is 3.55. The first kappa shape index (κ1) is 17.8. The zero-order chi connectivity index (χ0) is 16.9. The number of hydrogen-bond acceptors (Lipinski definition) is 4. The van der Waals surface area contributed by atoms with Gasteiger partial charge >= 0.3 is 0 Å². The van der Waals surface area contributed by atoms with E-state index in [1.54, 1.807) is 36.4 Å². The first-order valence-corrected chi connectivity index (χ1v) is 10.2. The van der Waals surface area contributed by atoms with E-state index >= 15 is 0 Å². The molecular formula is C15H15BrN2O3S2. The molecule has 0 unspecified atom stereocenters. The molecule has 0 aliphatic heterocycles. The van der Waals surface area contributed by atoms with E-state index in [2.05, 4.69) is 26.0 Å². The minimum atomic E-state index is -3.72. The molecule has 0 saturated carbocycles. The average molecular weight is 415 g/mol. The largest absolute Gasteiger partial charge is 0.325 e. The molecule has 2 rings (SSSR count). The summed E-state index contributed by atoms with van der Waals surface area (Å²) in [5.41, 5.74) is 0.910. The Labute approximate surface area is 148 Å². The van der Waals surface area contributed by atoms with Crippen LogP contribution in [-0.2, 0) is 14.8 Å². The maximum Gasteiger partial charge on any atom is 0.261 e. The Bertz CT molecular complexity index is 793. The third-order valence-corrected chi connectivity index (χ3v) is 5.26. The molecule has 23 heavy (non-hydrogen) atoms. The predicted molar refractivity (Wildman–Crippen MR) is 98.4 cm³/mol. The van der Waals surface area contributed by atoms with Gasteiger partial charge < -0.3 is 5.32 Å². The van der Waals surface area contributed by atoms with Crippen molar-refractivity contribution >= 4 is 55.0 Å². The van der Waals surface area contributed by atoms with Crippen LogP contribution in [0.15, 0.2) is 57.9 Å². The van der Waals surface area contributed by atoms with Crippen LogP contribution in [-0.4, -0.2) is 26.3 Å². The summed E-state index contributed by atoms with van der Waals surface area (Å²) >= 11 is 4.69. The SMILES string of the molecule is CSCC(=O)Nc1cccc(S(=O)(=O)Nc2ccc(Br)cc2)c1. The summed E-state index contributed by atoms with van der Waals surface area (Å²) in [6.45, 7) is 0. The molecule has 5 nitrogen and oxygen atoms in total. The highest BCUT2D eigenvalue weighted by molar-refractivity contribution is 9.10. The lowest BCUT2D eigenvalue weighted by Crippen LogP contribution is -2.16. The van der Waals surface area contributed by atoms with Gasteiger partial charge in [-0.3, -0.25) is 9.52 Å². The molecule has 1 amide bonds. The van der Waals surface area contributed by atoms with Crippen molar-refractivity contribution in [3.8, 4) is 0 Å². The van der Waals surface area contributed by atoms with Crippen LogP contribution in [0.2, 0.25) is 0 Å². The first-order valence-electron chi connectivity index (χ1n) is 6.58. The molecule has 122 valence electrons. The number of nitrogens with one attached hydrogen (secondary N) is 2. The van der Waals surface area contributed by atoms with E-state index in [0.29, 0.717) is 17.1 Å². The molecular weight excluding hydrogens is 400 g/mol. The molecule has 2 aromatic rings. The number of hydrogen-bond donors (Lipinski definition) is 2. The zero-order valence-corrected chi connectivity index (χ0v) is 15.5. The number of anilines is 2. The molecule has 0 aliphatic carbocycles. The molecule has 0 fully saturated rings. The minimum Gasteiger partial charge on any atom is -0.325 e. The summed E-state index contributed by atoms with van der Waals surface area (Å²) in [4.78, 5) is 11.7. The summed E-state index contributed by atoms with van der Waals surface area (Å²) in [6, 6.07) is 13.0. The van der Waals surface area contributed by atoms with Crippen molar-refractivity contribution in [3.63, 3.8) is 0 Å². The minimum absolute atomic E-state index is 0.0855. The van der Waals surface area contributed by atoms with Crippen molar-refractivity contribution in [2.75, 3.05) is 22.0 Å². The van der Waals surface area contributed by atoms with E-state index in [0.717, 1.165) is 4.47 Å². The van der Waals surface area contributed by atoms with Gasteiger partial charge in [-0.25, -0.2) is 8.42 Å². The molecule has 0 aliphatic rings. The van der Waals surface area contributed by atoms with E-state index in [9.17, 15) is 13.2 Å². The number of carbonyl (C=O) groups is 1. The normalized spacial score (nSPS) is 11.0. The summed E-state index contributed by atoms with van der Waals surface area (Å²) < 4.78 is 28.2. The Morgan fingerprint density at radius 3 is 2.48 bits per heavy atom. The van der Waals surface area contributed by atoms with Crippen molar-refractivity contribution in [3.05, 3.63) is 53.0 Å². The second-order valence-corrected chi connectivity index (χ2v) is 8.09. The number of halogens is 1. The molecule has 2 aromatic carbocycles. The van der Waals surface area contributed by atoms with Crippen LogP contribution in [0.25, 0.3) is 0 Å². The zero-order valence-electron chi connectivity index (χ0n) is 12.2. The van der Waals surface area contributed by atoms with Gasteiger partial charge in [0.15, 0.2) is 0 Å².